The summed E-state index contributed by atoms with van der Waals surface area (Å²) in [4.78, 5) is 14.5. The van der Waals surface area contributed by atoms with E-state index in [0.717, 1.165) is 32.5 Å². The van der Waals surface area contributed by atoms with Crippen molar-refractivity contribution in [2.45, 2.75) is 6.54 Å². The fraction of sp³-hybridized carbons (Fsp3) is 0.0370. The number of thiazole rings is 1. The van der Waals surface area contributed by atoms with E-state index in [2.05, 4.69) is 34.2 Å². The number of hydrazone groups is 1. The van der Waals surface area contributed by atoms with E-state index in [1.165, 1.54) is 5.56 Å². The molecule has 2 aromatic carbocycles. The van der Waals surface area contributed by atoms with Gasteiger partial charge in [0.1, 0.15) is 5.01 Å². The standard InChI is InChI=1S/C27H21N5S/c1-3-9-21(10-4-1)20-32(24-13-5-2-6-14-24)30-18-23-12-7-15-25(31-23)26-19-29-27(33-26)22-11-8-16-28-17-22/h1-19H,20H2/b30-18+. The van der Waals surface area contributed by atoms with Crippen LogP contribution < -0.4 is 5.01 Å². The first-order chi connectivity index (χ1) is 16.3. The van der Waals surface area contributed by atoms with E-state index in [1.54, 1.807) is 17.5 Å². The lowest BCUT2D eigenvalue weighted by Gasteiger charge is -2.19. The average molecular weight is 448 g/mol. The zero-order valence-electron chi connectivity index (χ0n) is 17.8. The number of pyridine rings is 2. The molecule has 0 saturated carbocycles. The summed E-state index contributed by atoms with van der Waals surface area (Å²) in [6.45, 7) is 0.671. The van der Waals surface area contributed by atoms with Crippen LogP contribution in [-0.2, 0) is 6.54 Å². The zero-order valence-corrected chi connectivity index (χ0v) is 18.6. The molecule has 0 amide bonds. The van der Waals surface area contributed by atoms with Gasteiger partial charge in [-0.25, -0.2) is 9.97 Å². The summed E-state index contributed by atoms with van der Waals surface area (Å²) in [6.07, 6.45) is 7.26. The van der Waals surface area contributed by atoms with Crippen LogP contribution >= 0.6 is 11.3 Å². The number of rotatable bonds is 7. The predicted molar refractivity (Wildman–Crippen MR) is 135 cm³/mol. The van der Waals surface area contributed by atoms with Crippen LogP contribution in [0.3, 0.4) is 0 Å². The summed E-state index contributed by atoms with van der Waals surface area (Å²) in [7, 11) is 0. The van der Waals surface area contributed by atoms with Gasteiger partial charge in [0.25, 0.3) is 0 Å². The summed E-state index contributed by atoms with van der Waals surface area (Å²) in [5.74, 6) is 0. The van der Waals surface area contributed by atoms with E-state index < -0.39 is 0 Å². The molecule has 3 heterocycles. The quantitative estimate of drug-likeness (QED) is 0.217. The average Bonchev–Trinajstić information content (AvgIpc) is 3.39. The third kappa shape index (κ3) is 5.19. The number of hydrogen-bond acceptors (Lipinski definition) is 6. The maximum Gasteiger partial charge on any atom is 0.125 e. The Morgan fingerprint density at radius 1 is 0.818 bits per heavy atom. The maximum atomic E-state index is 4.80. The molecule has 0 fully saturated rings. The summed E-state index contributed by atoms with van der Waals surface area (Å²) in [6, 6.07) is 30.4. The lowest BCUT2D eigenvalue weighted by Crippen LogP contribution is -2.16. The van der Waals surface area contributed by atoms with E-state index in [-0.39, 0.29) is 0 Å². The first kappa shape index (κ1) is 20.7. The van der Waals surface area contributed by atoms with Crippen LogP contribution in [0.2, 0.25) is 0 Å². The van der Waals surface area contributed by atoms with E-state index >= 15 is 0 Å². The summed E-state index contributed by atoms with van der Waals surface area (Å²) >= 11 is 1.60. The fourth-order valence-corrected chi connectivity index (χ4v) is 4.24. The van der Waals surface area contributed by atoms with Crippen molar-refractivity contribution in [1.29, 1.82) is 0 Å². The van der Waals surface area contributed by atoms with Gasteiger partial charge in [-0.15, -0.1) is 11.3 Å². The molecule has 160 valence electrons. The zero-order chi connectivity index (χ0) is 22.3. The molecule has 33 heavy (non-hydrogen) atoms. The predicted octanol–water partition coefficient (Wildman–Crippen LogP) is 6.31. The van der Waals surface area contributed by atoms with Crippen LogP contribution in [-0.4, -0.2) is 21.2 Å². The first-order valence-electron chi connectivity index (χ1n) is 10.6. The Hall–Kier alpha value is -4.16. The van der Waals surface area contributed by atoms with Crippen molar-refractivity contribution in [2.75, 3.05) is 5.01 Å². The highest BCUT2D eigenvalue weighted by atomic mass is 32.1. The molecule has 6 heteroatoms. The summed E-state index contributed by atoms with van der Waals surface area (Å²) in [5.41, 5.74) is 4.88. The van der Waals surface area contributed by atoms with Gasteiger partial charge in [0.05, 0.1) is 34.7 Å². The van der Waals surface area contributed by atoms with Gasteiger partial charge in [0.2, 0.25) is 0 Å². The van der Waals surface area contributed by atoms with Gasteiger partial charge in [-0.1, -0.05) is 54.6 Å². The first-order valence-corrected chi connectivity index (χ1v) is 11.4. The van der Waals surface area contributed by atoms with Gasteiger partial charge in [-0.3, -0.25) is 9.99 Å². The third-order valence-electron chi connectivity index (χ3n) is 5.00. The van der Waals surface area contributed by atoms with Crippen molar-refractivity contribution >= 4 is 23.2 Å². The largest absolute Gasteiger partial charge is 0.264 e. The Bertz CT molecular complexity index is 1330. The SMILES string of the molecule is C(=N\N(Cc1ccccc1)c1ccccc1)/c1cccc(-c2cnc(-c3cccnc3)s2)n1. The molecule has 0 saturated heterocycles. The molecule has 0 aliphatic heterocycles. The smallest absolute Gasteiger partial charge is 0.125 e. The van der Waals surface area contributed by atoms with Crippen LogP contribution in [0.15, 0.2) is 115 Å². The lowest BCUT2D eigenvalue weighted by molar-refractivity contribution is 0.858. The van der Waals surface area contributed by atoms with Gasteiger partial charge in [0.15, 0.2) is 0 Å². The number of para-hydroxylation sites is 1. The molecule has 0 unspecified atom stereocenters. The highest BCUT2D eigenvalue weighted by molar-refractivity contribution is 7.18. The molecule has 0 N–H and O–H groups in total. The topological polar surface area (TPSA) is 54.3 Å². The third-order valence-corrected chi connectivity index (χ3v) is 6.06. The molecule has 0 aliphatic rings. The number of benzene rings is 2. The highest BCUT2D eigenvalue weighted by Gasteiger charge is 2.09. The van der Waals surface area contributed by atoms with Crippen molar-refractivity contribution < 1.29 is 0 Å². The van der Waals surface area contributed by atoms with Crippen molar-refractivity contribution in [3.63, 3.8) is 0 Å². The number of anilines is 1. The van der Waals surface area contributed by atoms with E-state index in [4.69, 9.17) is 10.1 Å². The van der Waals surface area contributed by atoms with Crippen molar-refractivity contribution in [2.24, 2.45) is 5.10 Å². The van der Waals surface area contributed by atoms with E-state index in [1.807, 2.05) is 90.3 Å². The van der Waals surface area contributed by atoms with Crippen LogP contribution in [0, 0.1) is 0 Å². The van der Waals surface area contributed by atoms with Gasteiger partial charge in [-0.2, -0.15) is 5.10 Å². The molecule has 5 nitrogen and oxygen atoms in total. The summed E-state index contributed by atoms with van der Waals surface area (Å²) < 4.78 is 0. The maximum absolute atomic E-state index is 4.80. The molecule has 0 spiro atoms. The molecule has 0 bridgehead atoms. The van der Waals surface area contributed by atoms with Crippen LogP contribution in [0.25, 0.3) is 21.1 Å². The minimum atomic E-state index is 0.671. The number of nitrogens with zero attached hydrogens (tertiary/aromatic N) is 5. The van der Waals surface area contributed by atoms with Crippen molar-refractivity contribution in [3.05, 3.63) is 121 Å². The minimum Gasteiger partial charge on any atom is -0.264 e. The monoisotopic (exact) mass is 447 g/mol. The second kappa shape index (κ2) is 9.97. The van der Waals surface area contributed by atoms with Gasteiger partial charge < -0.3 is 0 Å². The molecule has 0 atom stereocenters. The Labute approximate surface area is 196 Å². The summed E-state index contributed by atoms with van der Waals surface area (Å²) in [5, 5.41) is 7.68. The minimum absolute atomic E-state index is 0.671. The van der Waals surface area contributed by atoms with Crippen LogP contribution in [0.4, 0.5) is 5.69 Å². The van der Waals surface area contributed by atoms with Gasteiger partial charge in [-0.05, 0) is 42.0 Å². The fourth-order valence-electron chi connectivity index (χ4n) is 3.36. The molecule has 5 rings (SSSR count). The van der Waals surface area contributed by atoms with Crippen molar-refractivity contribution in [3.8, 4) is 21.1 Å². The molecule has 0 aliphatic carbocycles. The Morgan fingerprint density at radius 3 is 2.42 bits per heavy atom. The van der Waals surface area contributed by atoms with Crippen molar-refractivity contribution in [1.82, 2.24) is 15.0 Å². The lowest BCUT2D eigenvalue weighted by atomic mass is 10.2. The number of aromatic nitrogens is 3. The second-order valence-corrected chi connectivity index (χ2v) is 8.37. The Morgan fingerprint density at radius 2 is 1.64 bits per heavy atom. The van der Waals surface area contributed by atoms with E-state index in [9.17, 15) is 0 Å². The Balaban J connectivity index is 1.39. The normalized spacial score (nSPS) is 11.0. The molecule has 5 aromatic rings. The molecule has 3 aromatic heterocycles. The second-order valence-electron chi connectivity index (χ2n) is 7.34. The molecular weight excluding hydrogens is 426 g/mol. The Kier molecular flexibility index (Phi) is 6.26. The van der Waals surface area contributed by atoms with E-state index in [0.29, 0.717) is 6.54 Å². The highest BCUT2D eigenvalue weighted by Crippen LogP contribution is 2.30. The van der Waals surface area contributed by atoms with Gasteiger partial charge in [0, 0.05) is 24.2 Å². The molecule has 0 radical (unpaired) electrons. The van der Waals surface area contributed by atoms with Crippen LogP contribution in [0.5, 0.6) is 0 Å². The van der Waals surface area contributed by atoms with Crippen LogP contribution in [0.1, 0.15) is 11.3 Å². The number of hydrogen-bond donors (Lipinski definition) is 0. The van der Waals surface area contributed by atoms with Gasteiger partial charge >= 0.3 is 0 Å². The molecular formula is C27H21N5S.